The Morgan fingerprint density at radius 3 is 2.94 bits per heavy atom. The van der Waals surface area contributed by atoms with Crippen LogP contribution in [0.5, 0.6) is 0 Å². The van der Waals surface area contributed by atoms with E-state index in [1.807, 2.05) is 0 Å². The van der Waals surface area contributed by atoms with Crippen LogP contribution in [0.25, 0.3) is 0 Å². The Kier molecular flexibility index (Phi) is 4.38. The molecule has 90 valence electrons. The Bertz CT molecular complexity index is 299. The first-order valence-electron chi connectivity index (χ1n) is 6.20. The van der Waals surface area contributed by atoms with E-state index in [0.29, 0.717) is 18.6 Å². The van der Waals surface area contributed by atoms with Gasteiger partial charge < -0.3 is 10.5 Å². The topological polar surface area (TPSA) is 35.2 Å². The van der Waals surface area contributed by atoms with Crippen LogP contribution in [0.3, 0.4) is 0 Å². The molecule has 1 heterocycles. The fraction of sp³-hybridized carbons (Fsp3) is 0.692. The van der Waals surface area contributed by atoms with Gasteiger partial charge in [0, 0.05) is 11.4 Å². The fourth-order valence-corrected chi connectivity index (χ4v) is 3.18. The summed E-state index contributed by atoms with van der Waals surface area (Å²) in [5.74, 6) is 0.683. The molecule has 2 rings (SSSR count). The number of hydrogen-bond acceptors (Lipinski definition) is 3. The molecule has 1 fully saturated rings. The van der Waals surface area contributed by atoms with E-state index in [-0.39, 0.29) is 6.10 Å². The van der Waals surface area contributed by atoms with E-state index in [1.165, 1.54) is 30.6 Å². The van der Waals surface area contributed by atoms with Gasteiger partial charge in [0.05, 0.1) is 6.10 Å². The average Bonchev–Trinajstić information content (AvgIpc) is 2.81. The van der Waals surface area contributed by atoms with Crippen LogP contribution in [0.1, 0.15) is 43.6 Å². The zero-order valence-corrected chi connectivity index (χ0v) is 10.7. The first kappa shape index (κ1) is 12.1. The molecule has 0 aromatic carbocycles. The molecule has 3 heteroatoms. The maximum Gasteiger partial charge on any atom is 0.104 e. The van der Waals surface area contributed by atoms with Gasteiger partial charge in [-0.05, 0) is 30.2 Å². The zero-order chi connectivity index (χ0) is 11.4. The highest BCUT2D eigenvalue weighted by molar-refractivity contribution is 7.10. The summed E-state index contributed by atoms with van der Waals surface area (Å²) in [6, 6.07) is 4.19. The summed E-state index contributed by atoms with van der Waals surface area (Å²) in [6.45, 7) is 2.88. The lowest BCUT2D eigenvalue weighted by atomic mass is 9.88. The number of thiophene rings is 1. The molecule has 1 saturated carbocycles. The molecule has 0 bridgehead atoms. The molecule has 3 unspecified atom stereocenters. The van der Waals surface area contributed by atoms with Gasteiger partial charge in [-0.3, -0.25) is 0 Å². The van der Waals surface area contributed by atoms with E-state index >= 15 is 0 Å². The van der Waals surface area contributed by atoms with Crippen molar-refractivity contribution in [2.24, 2.45) is 11.7 Å². The van der Waals surface area contributed by atoms with Crippen molar-refractivity contribution >= 4 is 11.3 Å². The minimum atomic E-state index is 0.102. The molecule has 1 aromatic heterocycles. The van der Waals surface area contributed by atoms with Crippen molar-refractivity contribution in [3.8, 4) is 0 Å². The maximum atomic E-state index is 6.18. The van der Waals surface area contributed by atoms with E-state index in [0.717, 1.165) is 0 Å². The smallest absolute Gasteiger partial charge is 0.104 e. The summed E-state index contributed by atoms with van der Waals surface area (Å²) in [6.07, 6.45) is 5.66. The first-order chi connectivity index (χ1) is 7.81. The lowest BCUT2D eigenvalue weighted by molar-refractivity contribution is -0.0519. The second kappa shape index (κ2) is 5.80. The van der Waals surface area contributed by atoms with Crippen molar-refractivity contribution in [3.05, 3.63) is 22.4 Å². The summed E-state index contributed by atoms with van der Waals surface area (Å²) in [4.78, 5) is 1.26. The summed E-state index contributed by atoms with van der Waals surface area (Å²) in [5.41, 5.74) is 5.81. The largest absolute Gasteiger partial charge is 0.368 e. The quantitative estimate of drug-likeness (QED) is 0.874. The van der Waals surface area contributed by atoms with Crippen molar-refractivity contribution in [3.63, 3.8) is 0 Å². The van der Waals surface area contributed by atoms with Crippen LogP contribution in [-0.4, -0.2) is 12.6 Å². The second-order valence-corrected chi connectivity index (χ2v) is 5.66. The minimum Gasteiger partial charge on any atom is -0.368 e. The summed E-state index contributed by atoms with van der Waals surface area (Å²) in [7, 11) is 0. The Morgan fingerprint density at radius 2 is 2.31 bits per heavy atom. The molecular formula is C13H21NOS. The van der Waals surface area contributed by atoms with Gasteiger partial charge in [0.2, 0.25) is 0 Å². The predicted molar refractivity (Wildman–Crippen MR) is 68.6 cm³/mol. The number of hydrogen-bond donors (Lipinski definition) is 1. The Morgan fingerprint density at radius 1 is 1.50 bits per heavy atom. The zero-order valence-electron chi connectivity index (χ0n) is 9.89. The van der Waals surface area contributed by atoms with Crippen LogP contribution in [0.15, 0.2) is 17.5 Å². The van der Waals surface area contributed by atoms with Crippen molar-refractivity contribution < 1.29 is 4.74 Å². The molecule has 16 heavy (non-hydrogen) atoms. The lowest BCUT2D eigenvalue weighted by Gasteiger charge is -2.31. The maximum absolute atomic E-state index is 6.18. The van der Waals surface area contributed by atoms with Gasteiger partial charge in [-0.15, -0.1) is 11.3 Å². The molecule has 0 aliphatic heterocycles. The SMILES string of the molecule is CC1CCCCC1OC(CN)c1cccs1. The van der Waals surface area contributed by atoms with E-state index in [1.54, 1.807) is 11.3 Å². The number of rotatable bonds is 4. The summed E-state index contributed by atoms with van der Waals surface area (Å²) in [5, 5.41) is 2.09. The second-order valence-electron chi connectivity index (χ2n) is 4.68. The van der Waals surface area contributed by atoms with Gasteiger partial charge in [0.1, 0.15) is 6.10 Å². The van der Waals surface area contributed by atoms with E-state index in [9.17, 15) is 0 Å². The minimum absolute atomic E-state index is 0.102. The highest BCUT2D eigenvalue weighted by Crippen LogP contribution is 2.31. The highest BCUT2D eigenvalue weighted by Gasteiger charge is 2.25. The average molecular weight is 239 g/mol. The van der Waals surface area contributed by atoms with Crippen LogP contribution >= 0.6 is 11.3 Å². The Hall–Kier alpha value is -0.380. The first-order valence-corrected chi connectivity index (χ1v) is 7.08. The normalized spacial score (nSPS) is 27.9. The van der Waals surface area contributed by atoms with Gasteiger partial charge in [-0.1, -0.05) is 25.8 Å². The molecule has 1 aromatic rings. The van der Waals surface area contributed by atoms with Gasteiger partial charge in [-0.2, -0.15) is 0 Å². The molecular weight excluding hydrogens is 218 g/mol. The van der Waals surface area contributed by atoms with Gasteiger partial charge in [0.15, 0.2) is 0 Å². The van der Waals surface area contributed by atoms with Crippen molar-refractivity contribution in [2.75, 3.05) is 6.54 Å². The van der Waals surface area contributed by atoms with Crippen molar-refractivity contribution in [1.82, 2.24) is 0 Å². The summed E-state index contributed by atoms with van der Waals surface area (Å²) < 4.78 is 6.18. The molecule has 0 radical (unpaired) electrons. The molecule has 1 aliphatic rings. The highest BCUT2D eigenvalue weighted by atomic mass is 32.1. The number of ether oxygens (including phenoxy) is 1. The molecule has 0 amide bonds. The Balaban J connectivity index is 1.95. The third-order valence-corrected chi connectivity index (χ3v) is 4.41. The predicted octanol–water partition coefficient (Wildman–Crippen LogP) is 3.34. The van der Waals surface area contributed by atoms with Gasteiger partial charge in [0.25, 0.3) is 0 Å². The van der Waals surface area contributed by atoms with Gasteiger partial charge in [-0.25, -0.2) is 0 Å². The summed E-state index contributed by atoms with van der Waals surface area (Å²) >= 11 is 1.74. The Labute approximate surface area is 102 Å². The standard InChI is InChI=1S/C13H21NOS/c1-10-5-2-3-6-11(10)15-12(9-14)13-7-4-8-16-13/h4,7-8,10-12H,2-3,5-6,9,14H2,1H3. The molecule has 2 N–H and O–H groups in total. The number of nitrogens with two attached hydrogens (primary N) is 1. The van der Waals surface area contributed by atoms with E-state index in [4.69, 9.17) is 10.5 Å². The fourth-order valence-electron chi connectivity index (χ4n) is 2.41. The molecule has 0 saturated heterocycles. The van der Waals surface area contributed by atoms with Crippen LogP contribution in [-0.2, 0) is 4.74 Å². The monoisotopic (exact) mass is 239 g/mol. The van der Waals surface area contributed by atoms with Crippen LogP contribution in [0, 0.1) is 5.92 Å². The molecule has 2 nitrogen and oxygen atoms in total. The molecule has 1 aliphatic carbocycles. The van der Waals surface area contributed by atoms with Crippen LogP contribution < -0.4 is 5.73 Å². The van der Waals surface area contributed by atoms with Crippen LogP contribution in [0.2, 0.25) is 0 Å². The third-order valence-electron chi connectivity index (χ3n) is 3.45. The van der Waals surface area contributed by atoms with E-state index in [2.05, 4.69) is 24.4 Å². The van der Waals surface area contributed by atoms with E-state index < -0.39 is 0 Å². The third kappa shape index (κ3) is 2.84. The van der Waals surface area contributed by atoms with Crippen molar-refractivity contribution in [2.45, 2.75) is 44.8 Å². The molecule has 0 spiro atoms. The lowest BCUT2D eigenvalue weighted by Crippen LogP contribution is -2.29. The van der Waals surface area contributed by atoms with Crippen molar-refractivity contribution in [1.29, 1.82) is 0 Å². The molecule has 3 atom stereocenters. The van der Waals surface area contributed by atoms with Crippen LogP contribution in [0.4, 0.5) is 0 Å². The van der Waals surface area contributed by atoms with Gasteiger partial charge >= 0.3 is 0 Å².